The normalized spacial score (nSPS) is 12.8. The van der Waals surface area contributed by atoms with Crippen LogP contribution in [0.3, 0.4) is 0 Å². The monoisotopic (exact) mass is 774 g/mol. The molecule has 2 aromatic carbocycles. The number of hydrogen-bond donors (Lipinski definition) is 4. The summed E-state index contributed by atoms with van der Waals surface area (Å²) in [4.78, 5) is 58.1. The van der Waals surface area contributed by atoms with Crippen molar-refractivity contribution in [1.82, 2.24) is 29.7 Å². The van der Waals surface area contributed by atoms with E-state index in [2.05, 4.69) is 20.6 Å². The predicted molar refractivity (Wildman–Crippen MR) is 210 cm³/mol. The zero-order valence-electron chi connectivity index (χ0n) is 31.7. The molecule has 0 unspecified atom stereocenters. The zero-order chi connectivity index (χ0) is 39.7. The molecule has 0 bridgehead atoms. The Bertz CT molecular complexity index is 2020. The molecule has 2 heterocycles. The van der Waals surface area contributed by atoms with Crippen molar-refractivity contribution in [3.05, 3.63) is 78.8 Å². The Kier molecular flexibility index (Phi) is 15.2. The summed E-state index contributed by atoms with van der Waals surface area (Å²) in [5.74, 6) is 1.01. The maximum absolute atomic E-state index is 12.9. The number of fused-ring (bicyclic) bond motifs is 2. The number of ether oxygens (including phenoxy) is 2. The Morgan fingerprint density at radius 3 is 1.45 bits per heavy atom. The maximum Gasteiger partial charge on any atom is 0.407 e. The number of benzene rings is 2. The average molecular weight is 776 g/mol. The number of aromatic nitrogens is 4. The molecule has 0 aliphatic rings. The minimum atomic E-state index is -0.553. The van der Waals surface area contributed by atoms with Gasteiger partial charge in [-0.25, -0.2) is 19.6 Å². The summed E-state index contributed by atoms with van der Waals surface area (Å²) >= 11 is 12.4. The Labute approximate surface area is 319 Å². The number of carbonyl (C=O) groups is 2. The van der Waals surface area contributed by atoms with Crippen molar-refractivity contribution in [2.45, 2.75) is 111 Å². The van der Waals surface area contributed by atoms with Crippen LogP contribution < -0.4 is 33.2 Å². The fraction of sp³-hybridized carbons (Fsp3) is 0.514. The molecule has 16 heteroatoms. The second-order valence-corrected chi connectivity index (χ2v) is 15.4. The largest absolute Gasteiger partial charge is 0.444 e. The summed E-state index contributed by atoms with van der Waals surface area (Å²) < 4.78 is 13.5. The van der Waals surface area contributed by atoms with Gasteiger partial charge in [0.1, 0.15) is 22.9 Å². The summed E-state index contributed by atoms with van der Waals surface area (Å²) in [5.41, 5.74) is 11.6. The van der Waals surface area contributed by atoms with Crippen molar-refractivity contribution >= 4 is 57.2 Å². The number of alkyl carbamates (subject to hydrolysis) is 2. The molecule has 0 spiro atoms. The molecule has 2 aromatic heterocycles. The van der Waals surface area contributed by atoms with E-state index in [1.54, 1.807) is 75.6 Å². The van der Waals surface area contributed by atoms with Crippen molar-refractivity contribution in [3.8, 4) is 0 Å². The van der Waals surface area contributed by atoms with Crippen LogP contribution in [0.15, 0.2) is 46.0 Å². The molecular weight excluding hydrogens is 723 g/mol. The van der Waals surface area contributed by atoms with E-state index >= 15 is 0 Å². The first-order valence-electron chi connectivity index (χ1n) is 17.5. The van der Waals surface area contributed by atoms with Crippen molar-refractivity contribution in [3.63, 3.8) is 0 Å². The first-order chi connectivity index (χ1) is 24.7. The number of nitrogens with two attached hydrogens (primary N) is 2. The molecule has 0 saturated carbocycles. The van der Waals surface area contributed by atoms with Gasteiger partial charge in [-0.15, -0.1) is 0 Å². The number of nitrogens with one attached hydrogen (secondary N) is 2. The molecule has 0 radical (unpaired) electrons. The molecule has 0 fully saturated rings. The van der Waals surface area contributed by atoms with Crippen LogP contribution in [0, 0.1) is 0 Å². The van der Waals surface area contributed by atoms with Gasteiger partial charge >= 0.3 is 12.2 Å². The third-order valence-corrected chi connectivity index (χ3v) is 8.07. The lowest BCUT2D eigenvalue weighted by atomic mass is 10.2. The fourth-order valence-corrected chi connectivity index (χ4v) is 5.75. The third kappa shape index (κ3) is 12.7. The van der Waals surface area contributed by atoms with Crippen molar-refractivity contribution < 1.29 is 19.1 Å². The molecule has 14 nitrogen and oxygen atoms in total. The minimum absolute atomic E-state index is 0.196. The van der Waals surface area contributed by atoms with E-state index < -0.39 is 29.4 Å². The number of nitrogens with zero attached hydrogens (tertiary/aromatic N) is 4. The quantitative estimate of drug-likeness (QED) is 0.124. The van der Waals surface area contributed by atoms with Crippen molar-refractivity contribution in [2.75, 3.05) is 13.1 Å². The summed E-state index contributed by atoms with van der Waals surface area (Å²) in [6.45, 7) is 16.0. The second kappa shape index (κ2) is 18.7. The molecule has 0 aliphatic heterocycles. The smallest absolute Gasteiger partial charge is 0.407 e. The molecular formula is C37H52Cl2N8O6. The highest BCUT2D eigenvalue weighted by Crippen LogP contribution is 2.22. The highest BCUT2D eigenvalue weighted by Gasteiger charge is 2.19. The summed E-state index contributed by atoms with van der Waals surface area (Å²) in [5, 5.41) is 6.89. The van der Waals surface area contributed by atoms with E-state index in [-0.39, 0.29) is 17.2 Å². The van der Waals surface area contributed by atoms with Crippen LogP contribution in [-0.2, 0) is 22.6 Å². The lowest BCUT2D eigenvalue weighted by molar-refractivity contribution is 0.0515. The second-order valence-electron chi connectivity index (χ2n) is 14.6. The van der Waals surface area contributed by atoms with Crippen LogP contribution in [0.25, 0.3) is 21.8 Å². The molecule has 4 aromatic rings. The average Bonchev–Trinajstić information content (AvgIpc) is 3.02. The van der Waals surface area contributed by atoms with Crippen LogP contribution in [0.4, 0.5) is 9.59 Å². The van der Waals surface area contributed by atoms with Crippen LogP contribution >= 0.6 is 23.2 Å². The van der Waals surface area contributed by atoms with E-state index in [0.717, 1.165) is 0 Å². The number of amides is 2. The van der Waals surface area contributed by atoms with E-state index in [0.29, 0.717) is 88.9 Å². The molecule has 0 aliphatic carbocycles. The Hall–Kier alpha value is -4.24. The Morgan fingerprint density at radius 2 is 1.08 bits per heavy atom. The molecule has 4 rings (SSSR count). The van der Waals surface area contributed by atoms with Gasteiger partial charge in [-0.3, -0.25) is 18.7 Å². The van der Waals surface area contributed by atoms with Gasteiger partial charge in [-0.1, -0.05) is 35.3 Å². The first kappa shape index (κ1) is 43.2. The van der Waals surface area contributed by atoms with Gasteiger partial charge < -0.3 is 31.6 Å². The summed E-state index contributed by atoms with van der Waals surface area (Å²) in [6, 6.07) is 9.53. The topological polar surface area (TPSA) is 198 Å². The van der Waals surface area contributed by atoms with Crippen LogP contribution in [0.1, 0.15) is 98.4 Å². The molecule has 2 amide bonds. The van der Waals surface area contributed by atoms with E-state index in [4.69, 9.17) is 44.1 Å². The van der Waals surface area contributed by atoms with Gasteiger partial charge in [0.05, 0.1) is 43.9 Å². The minimum Gasteiger partial charge on any atom is -0.444 e. The van der Waals surface area contributed by atoms with Gasteiger partial charge in [0.15, 0.2) is 0 Å². The van der Waals surface area contributed by atoms with Gasteiger partial charge in [-0.2, -0.15) is 0 Å². The number of hydrogen-bond acceptors (Lipinski definition) is 10. The highest BCUT2D eigenvalue weighted by atomic mass is 35.5. The van der Waals surface area contributed by atoms with Gasteiger partial charge in [-0.05, 0) is 98.9 Å². The lowest BCUT2D eigenvalue weighted by Crippen LogP contribution is -2.34. The summed E-state index contributed by atoms with van der Waals surface area (Å²) in [6.07, 6.45) is 0.945. The molecule has 53 heavy (non-hydrogen) atoms. The van der Waals surface area contributed by atoms with Crippen LogP contribution in [0.5, 0.6) is 0 Å². The van der Waals surface area contributed by atoms with E-state index in [1.807, 2.05) is 20.8 Å². The zero-order valence-corrected chi connectivity index (χ0v) is 33.2. The Balaban J connectivity index is 0.000000286. The first-order valence-corrected chi connectivity index (χ1v) is 18.3. The standard InChI is InChI=1S/C19H27ClN4O3.C18H25ClN4O3/c1-12(21)16-23-14-9-7-8-13(20)15(14)17(25)24(16)11-6-5-10-22-18(26)27-19(2,3)4;1-11(20)15-22-13-8-5-7-12(19)14(13)16(24)23(15)10-6-9-21-17(25)26-18(2,3)4/h7-9,12H,5-6,10-11,21H2,1-4H3,(H,22,26);5,7-8,11H,6,9-10,20H2,1-4H3,(H,21,25)/t12-;11-/m00/s1. The van der Waals surface area contributed by atoms with Gasteiger partial charge in [0.25, 0.3) is 11.1 Å². The fourth-order valence-electron chi connectivity index (χ4n) is 5.25. The number of carbonyl (C=O) groups excluding carboxylic acids is 2. The SMILES string of the molecule is C[C@H](N)c1nc2cccc(Cl)c2c(=O)n1CCCCNC(=O)OC(C)(C)C.C[C@H](N)c1nc2cccc(Cl)c2c(=O)n1CCCNC(=O)OC(C)(C)C. The molecule has 6 N–H and O–H groups in total. The predicted octanol–water partition coefficient (Wildman–Crippen LogP) is 6.36. The van der Waals surface area contributed by atoms with Crippen molar-refractivity contribution in [1.29, 1.82) is 0 Å². The molecule has 0 saturated heterocycles. The lowest BCUT2D eigenvalue weighted by Gasteiger charge is -2.20. The van der Waals surface area contributed by atoms with E-state index in [1.165, 1.54) is 4.57 Å². The van der Waals surface area contributed by atoms with Gasteiger partial charge in [0, 0.05) is 26.2 Å². The number of halogens is 2. The van der Waals surface area contributed by atoms with E-state index in [9.17, 15) is 19.2 Å². The number of unbranched alkanes of at least 4 members (excludes halogenated alkanes) is 1. The maximum atomic E-state index is 12.9. The third-order valence-electron chi connectivity index (χ3n) is 7.44. The molecule has 290 valence electrons. The number of rotatable bonds is 11. The highest BCUT2D eigenvalue weighted by molar-refractivity contribution is 6.35. The summed E-state index contributed by atoms with van der Waals surface area (Å²) in [7, 11) is 0. The van der Waals surface area contributed by atoms with Crippen LogP contribution in [0.2, 0.25) is 10.0 Å². The van der Waals surface area contributed by atoms with Gasteiger partial charge in [0.2, 0.25) is 0 Å². The Morgan fingerprint density at radius 1 is 0.698 bits per heavy atom. The van der Waals surface area contributed by atoms with Crippen molar-refractivity contribution in [2.24, 2.45) is 11.5 Å². The molecule has 2 atom stereocenters. The van der Waals surface area contributed by atoms with Crippen LogP contribution in [-0.4, -0.2) is 55.6 Å².